The van der Waals surface area contributed by atoms with Crippen molar-refractivity contribution < 1.29 is 17.7 Å². The molecule has 0 amide bonds. The lowest BCUT2D eigenvalue weighted by atomic mass is 10.2. The van der Waals surface area contributed by atoms with Crippen LogP contribution in [0.4, 0.5) is 13.2 Å². The number of alkyl halides is 3. The third kappa shape index (κ3) is 2.79. The van der Waals surface area contributed by atoms with Crippen LogP contribution in [0.5, 0.6) is 0 Å². The van der Waals surface area contributed by atoms with Crippen molar-refractivity contribution in [2.24, 2.45) is 0 Å². The van der Waals surface area contributed by atoms with Gasteiger partial charge in [-0.25, -0.2) is 0 Å². The van der Waals surface area contributed by atoms with Gasteiger partial charge in [-0.3, -0.25) is 0 Å². The molecule has 0 aliphatic heterocycles. The molecule has 0 spiro atoms. The Bertz CT molecular complexity index is 342. The summed E-state index contributed by atoms with van der Waals surface area (Å²) in [6.07, 6.45) is -4.48. The molecule has 1 aromatic rings. The van der Waals surface area contributed by atoms with E-state index < -0.39 is 22.1 Å². The fourth-order valence-electron chi connectivity index (χ4n) is 0.821. The van der Waals surface area contributed by atoms with Gasteiger partial charge < -0.3 is 4.55 Å². The molecular weight excluding hydrogens is 304 g/mol. The zero-order valence-corrected chi connectivity index (χ0v) is 9.60. The van der Waals surface area contributed by atoms with Crippen molar-refractivity contribution in [3.05, 3.63) is 28.2 Å². The summed E-state index contributed by atoms with van der Waals surface area (Å²) in [6.45, 7) is 0. The van der Waals surface area contributed by atoms with Gasteiger partial charge in [0.15, 0.2) is 15.6 Å². The van der Waals surface area contributed by atoms with Gasteiger partial charge in [-0.2, -0.15) is 13.2 Å². The molecule has 0 saturated carbocycles. The quantitative estimate of drug-likeness (QED) is 0.725. The van der Waals surface area contributed by atoms with E-state index in [1.807, 2.05) is 0 Å². The Labute approximate surface area is 94.1 Å². The molecule has 0 aliphatic carbocycles. The summed E-state index contributed by atoms with van der Waals surface area (Å²) in [4.78, 5) is -0.0674. The van der Waals surface area contributed by atoms with Crippen LogP contribution < -0.4 is 0 Å². The van der Waals surface area contributed by atoms with E-state index in [-0.39, 0.29) is 9.37 Å². The van der Waals surface area contributed by atoms with Gasteiger partial charge >= 0.3 is 6.18 Å². The Morgan fingerprint density at radius 1 is 1.36 bits per heavy atom. The van der Waals surface area contributed by atoms with Crippen LogP contribution in [0.15, 0.2) is 27.6 Å². The lowest BCUT2D eigenvalue weighted by Gasteiger charge is -2.09. The van der Waals surface area contributed by atoms with Crippen LogP contribution in [-0.4, -0.2) is 4.55 Å². The Hall–Kier alpha value is 0.0900. The highest BCUT2D eigenvalue weighted by Gasteiger charge is 2.34. The maximum Gasteiger partial charge on any atom is 0.417 e. The van der Waals surface area contributed by atoms with Crippen molar-refractivity contribution in [2.45, 2.75) is 11.1 Å². The molecule has 0 aromatic heterocycles. The van der Waals surface area contributed by atoms with E-state index in [9.17, 15) is 17.7 Å². The van der Waals surface area contributed by atoms with Crippen LogP contribution in [0.25, 0.3) is 0 Å². The molecular formula is C7H3BrClF3OS. The summed E-state index contributed by atoms with van der Waals surface area (Å²) >= 11 is 2.75. The van der Waals surface area contributed by atoms with E-state index in [4.69, 9.17) is 10.7 Å². The van der Waals surface area contributed by atoms with Crippen molar-refractivity contribution in [3.8, 4) is 0 Å². The molecule has 0 N–H and O–H groups in total. The lowest BCUT2D eigenvalue weighted by Crippen LogP contribution is -2.07. The smallest absolute Gasteiger partial charge is 0.417 e. The number of hydrogen-bond acceptors (Lipinski definition) is 1. The van der Waals surface area contributed by atoms with Crippen LogP contribution in [-0.2, 0) is 16.6 Å². The predicted octanol–water partition coefficient (Wildman–Crippen LogP) is 3.73. The van der Waals surface area contributed by atoms with Gasteiger partial charge in [-0.05, 0) is 12.1 Å². The highest BCUT2D eigenvalue weighted by atomic mass is 79.9. The summed E-state index contributed by atoms with van der Waals surface area (Å²) in [6, 6.07) is 3.19. The first-order valence-corrected chi connectivity index (χ1v) is 6.04. The van der Waals surface area contributed by atoms with Crippen LogP contribution in [0.2, 0.25) is 0 Å². The monoisotopic (exact) mass is 306 g/mol. The first-order valence-electron chi connectivity index (χ1n) is 3.27. The summed E-state index contributed by atoms with van der Waals surface area (Å²) < 4.78 is 47.6. The number of benzene rings is 1. The van der Waals surface area contributed by atoms with E-state index in [0.717, 1.165) is 6.07 Å². The van der Waals surface area contributed by atoms with Gasteiger partial charge in [0.2, 0.25) is 0 Å². The van der Waals surface area contributed by atoms with Crippen molar-refractivity contribution >= 4 is 37.0 Å². The van der Waals surface area contributed by atoms with Gasteiger partial charge in [0.1, 0.15) is 10.4 Å². The molecule has 1 atom stereocenters. The first kappa shape index (κ1) is 12.2. The molecule has 0 aliphatic rings. The average Bonchev–Trinajstić information content (AvgIpc) is 2.02. The molecule has 0 unspecified atom stereocenters. The molecule has 0 bridgehead atoms. The van der Waals surface area contributed by atoms with Gasteiger partial charge in [0, 0.05) is 10.5 Å². The van der Waals surface area contributed by atoms with Crippen LogP contribution in [0.1, 0.15) is 5.56 Å². The Morgan fingerprint density at radius 3 is 2.36 bits per heavy atom. The molecule has 1 aromatic carbocycles. The molecule has 7 heteroatoms. The second-order valence-corrected chi connectivity index (χ2v) is 4.98. The fraction of sp³-hybridized carbons (Fsp3) is 0.143. The topological polar surface area (TPSA) is 23.1 Å². The lowest BCUT2D eigenvalue weighted by molar-refractivity contribution is -0.138. The summed E-state index contributed by atoms with van der Waals surface area (Å²) in [7, 11) is 3.24. The Balaban J connectivity index is 3.22. The normalized spacial score (nSPS) is 14.1. The standard InChI is InChI=1S/C7H3BrClF3OS/c8-6-2-1-4(14(9)13)3-5(6)7(10,11)12/h1-3H/t14-/m1/s1. The zero-order chi connectivity index (χ0) is 10.9. The highest BCUT2D eigenvalue weighted by Crippen LogP contribution is 2.36. The molecule has 78 valence electrons. The zero-order valence-electron chi connectivity index (χ0n) is 6.44. The van der Waals surface area contributed by atoms with Gasteiger partial charge in [0.25, 0.3) is 0 Å². The van der Waals surface area contributed by atoms with Crippen molar-refractivity contribution in [3.63, 3.8) is 0 Å². The Kier molecular flexibility index (Phi) is 3.74. The van der Waals surface area contributed by atoms with Gasteiger partial charge in [0.05, 0.1) is 5.56 Å². The second kappa shape index (κ2) is 4.30. The number of rotatable bonds is 1. The molecule has 0 fully saturated rings. The van der Waals surface area contributed by atoms with E-state index in [1.165, 1.54) is 12.1 Å². The number of halogens is 5. The predicted molar refractivity (Wildman–Crippen MR) is 51.4 cm³/mol. The minimum atomic E-state index is -4.48. The highest BCUT2D eigenvalue weighted by molar-refractivity contribution is 9.10. The average molecular weight is 308 g/mol. The largest absolute Gasteiger partial charge is 0.594 e. The SMILES string of the molecule is [O-][S@@+](Cl)c1ccc(Br)c(C(F)(F)F)c1. The molecule has 1 rings (SSSR count). The Morgan fingerprint density at radius 2 is 1.93 bits per heavy atom. The molecule has 14 heavy (non-hydrogen) atoms. The van der Waals surface area contributed by atoms with Crippen molar-refractivity contribution in [2.75, 3.05) is 0 Å². The minimum Gasteiger partial charge on any atom is -0.594 e. The van der Waals surface area contributed by atoms with Crippen molar-refractivity contribution in [1.82, 2.24) is 0 Å². The van der Waals surface area contributed by atoms with E-state index in [1.54, 1.807) is 0 Å². The summed E-state index contributed by atoms with van der Waals surface area (Å²) in [5, 5.41) is 0. The maximum absolute atomic E-state index is 12.3. The molecule has 0 radical (unpaired) electrons. The van der Waals surface area contributed by atoms with E-state index in [2.05, 4.69) is 15.9 Å². The molecule has 1 nitrogen and oxygen atoms in total. The van der Waals surface area contributed by atoms with Crippen LogP contribution in [0, 0.1) is 0 Å². The third-order valence-electron chi connectivity index (χ3n) is 1.43. The minimum absolute atomic E-state index is 0.0674. The second-order valence-electron chi connectivity index (χ2n) is 2.36. The first-order chi connectivity index (χ1) is 6.32. The number of hydrogen-bond donors (Lipinski definition) is 0. The van der Waals surface area contributed by atoms with Gasteiger partial charge in [-0.1, -0.05) is 15.9 Å². The van der Waals surface area contributed by atoms with E-state index >= 15 is 0 Å². The van der Waals surface area contributed by atoms with Crippen molar-refractivity contribution in [1.29, 1.82) is 0 Å². The summed E-state index contributed by atoms with van der Waals surface area (Å²) in [5.74, 6) is 0. The van der Waals surface area contributed by atoms with Crippen LogP contribution in [0.3, 0.4) is 0 Å². The molecule has 0 saturated heterocycles. The molecule has 0 heterocycles. The van der Waals surface area contributed by atoms with Crippen LogP contribution >= 0.6 is 26.6 Å². The van der Waals surface area contributed by atoms with E-state index in [0.29, 0.717) is 0 Å². The third-order valence-corrected chi connectivity index (χ3v) is 3.28. The summed E-state index contributed by atoms with van der Waals surface area (Å²) in [5.41, 5.74) is -0.885. The van der Waals surface area contributed by atoms with Gasteiger partial charge in [-0.15, -0.1) is 0 Å². The fourth-order valence-corrected chi connectivity index (χ4v) is 1.97. The maximum atomic E-state index is 12.3.